The Labute approximate surface area is 430 Å². The third-order valence-corrected chi connectivity index (χ3v) is 11.9. The number of hydrogen-bond acceptors (Lipinski definition) is 7. The third-order valence-electron chi connectivity index (χ3n) is 11.9. The maximum Gasteiger partial charge on any atom is 0.361 e. The molecule has 0 saturated heterocycles. The van der Waals surface area contributed by atoms with Crippen molar-refractivity contribution in [2.75, 3.05) is 47.5 Å². The SMILES string of the molecule is CC/C=C\C/C=C\C/C=C\C/C=C\C/C=C\C/C=C\C/C=C\CCCC(=O)OC(COC(=O)CCCCCCCCCCCCCCCCCCCCCCCC)COC(OCC[N+](C)(C)C)C(=O)O. The Balaban J connectivity index is 4.37. The average molecular weight is 982 g/mol. The lowest BCUT2D eigenvalue weighted by Crippen LogP contribution is -2.40. The number of quaternary nitrogens is 1. The van der Waals surface area contributed by atoms with Crippen molar-refractivity contribution in [3.8, 4) is 0 Å². The molecule has 0 amide bonds. The van der Waals surface area contributed by atoms with Crippen molar-refractivity contribution >= 4 is 17.9 Å². The van der Waals surface area contributed by atoms with Gasteiger partial charge in [0.25, 0.3) is 6.29 Å². The van der Waals surface area contributed by atoms with Crippen LogP contribution in [0.4, 0.5) is 0 Å². The maximum atomic E-state index is 12.8. The number of likely N-dealkylation sites (N-methyl/N-ethyl adjacent to an activating group) is 1. The minimum atomic E-state index is -1.53. The molecule has 0 aliphatic carbocycles. The number of carbonyl (C=O) groups is 3. The van der Waals surface area contributed by atoms with Crippen LogP contribution < -0.4 is 0 Å². The molecule has 0 aromatic rings. The zero-order chi connectivity index (χ0) is 51.3. The first-order valence-corrected chi connectivity index (χ1v) is 28.3. The summed E-state index contributed by atoms with van der Waals surface area (Å²) in [6, 6.07) is 0. The van der Waals surface area contributed by atoms with Crippen molar-refractivity contribution in [1.82, 2.24) is 0 Å². The third kappa shape index (κ3) is 52.3. The van der Waals surface area contributed by atoms with Crippen molar-refractivity contribution in [2.45, 2.75) is 238 Å². The van der Waals surface area contributed by atoms with E-state index in [0.717, 1.165) is 64.2 Å². The fourth-order valence-corrected chi connectivity index (χ4v) is 7.59. The fraction of sp³-hybridized carbons (Fsp3) is 0.721. The van der Waals surface area contributed by atoms with E-state index in [2.05, 4.69) is 98.9 Å². The van der Waals surface area contributed by atoms with Crippen molar-refractivity contribution in [1.29, 1.82) is 0 Å². The first-order chi connectivity index (χ1) is 34.1. The zero-order valence-corrected chi connectivity index (χ0v) is 45.7. The molecule has 0 heterocycles. The Kier molecular flexibility index (Phi) is 49.2. The molecule has 0 radical (unpaired) electrons. The summed E-state index contributed by atoms with van der Waals surface area (Å²) in [5.74, 6) is -2.09. The highest BCUT2D eigenvalue weighted by Crippen LogP contribution is 2.16. The molecule has 9 heteroatoms. The number of esters is 2. The van der Waals surface area contributed by atoms with Gasteiger partial charge in [-0.15, -0.1) is 0 Å². The van der Waals surface area contributed by atoms with E-state index < -0.39 is 24.3 Å². The van der Waals surface area contributed by atoms with Gasteiger partial charge < -0.3 is 28.5 Å². The lowest BCUT2D eigenvalue weighted by molar-refractivity contribution is -0.870. The highest BCUT2D eigenvalue weighted by Gasteiger charge is 2.25. The number of allylic oxidation sites excluding steroid dienone is 14. The molecule has 2 atom stereocenters. The summed E-state index contributed by atoms with van der Waals surface area (Å²) in [6.45, 7) is 4.71. The summed E-state index contributed by atoms with van der Waals surface area (Å²) in [5.41, 5.74) is 0. The number of carbonyl (C=O) groups excluding carboxylic acids is 2. The summed E-state index contributed by atoms with van der Waals surface area (Å²) in [5, 5.41) is 9.69. The van der Waals surface area contributed by atoms with Crippen LogP contribution in [-0.4, -0.2) is 87.4 Å². The van der Waals surface area contributed by atoms with Gasteiger partial charge in [-0.3, -0.25) is 9.59 Å². The minimum Gasteiger partial charge on any atom is -0.477 e. The van der Waals surface area contributed by atoms with Crippen molar-refractivity contribution in [2.24, 2.45) is 0 Å². The van der Waals surface area contributed by atoms with Crippen LogP contribution in [0.5, 0.6) is 0 Å². The Morgan fingerprint density at radius 2 is 0.814 bits per heavy atom. The largest absolute Gasteiger partial charge is 0.477 e. The molecule has 1 N–H and O–H groups in total. The van der Waals surface area contributed by atoms with E-state index in [1.807, 2.05) is 21.1 Å². The first kappa shape index (κ1) is 66.5. The average Bonchev–Trinajstić information content (AvgIpc) is 3.33. The number of aliphatic carboxylic acids is 1. The van der Waals surface area contributed by atoms with E-state index in [4.69, 9.17) is 18.9 Å². The molecule has 9 nitrogen and oxygen atoms in total. The molecule has 0 aromatic heterocycles. The van der Waals surface area contributed by atoms with E-state index >= 15 is 0 Å². The maximum absolute atomic E-state index is 12.8. The molecule has 0 rings (SSSR count). The van der Waals surface area contributed by atoms with Gasteiger partial charge >= 0.3 is 17.9 Å². The molecule has 402 valence electrons. The van der Waals surface area contributed by atoms with Crippen LogP contribution >= 0.6 is 0 Å². The standard InChI is InChI=1S/C61H105NO8/c1-6-8-10-12-14-16-18-20-22-24-26-28-30-32-34-36-38-40-42-44-46-48-50-52-59(64)70-57(56-69-61(60(65)66)67-54-53-62(3,4)5)55-68-58(63)51-49-47-45-43-41-39-37-35-33-31-29-27-25-23-21-19-17-15-13-11-9-7-2/h8,10,14,16,20,22,26,28,32,34,38,40,44,46,57,61H,6-7,9,11-13,15,17-19,21,23-25,27,29-31,33,35-37,39,41-43,45,47-56H2,1-5H3/p+1/b10-8-,16-14-,22-20-,28-26-,34-32-,40-38-,46-44-. The van der Waals surface area contributed by atoms with Gasteiger partial charge in [0, 0.05) is 12.8 Å². The molecule has 0 aliphatic rings. The number of carboxylic acids is 1. The van der Waals surface area contributed by atoms with Crippen LogP contribution in [0.2, 0.25) is 0 Å². The fourth-order valence-electron chi connectivity index (χ4n) is 7.59. The van der Waals surface area contributed by atoms with Gasteiger partial charge in [-0.25, -0.2) is 4.79 Å². The van der Waals surface area contributed by atoms with E-state index in [1.54, 1.807) is 0 Å². The molecule has 0 spiro atoms. The van der Waals surface area contributed by atoms with Crippen LogP contribution in [0.25, 0.3) is 0 Å². The second-order valence-corrected chi connectivity index (χ2v) is 19.9. The smallest absolute Gasteiger partial charge is 0.361 e. The van der Waals surface area contributed by atoms with Crippen molar-refractivity contribution < 1.29 is 42.9 Å². The van der Waals surface area contributed by atoms with E-state index in [9.17, 15) is 19.5 Å². The summed E-state index contributed by atoms with van der Waals surface area (Å²) >= 11 is 0. The highest BCUT2D eigenvalue weighted by atomic mass is 16.7. The molecule has 0 fully saturated rings. The summed E-state index contributed by atoms with van der Waals surface area (Å²) in [7, 11) is 5.94. The molecular weight excluding hydrogens is 875 g/mol. The highest BCUT2D eigenvalue weighted by molar-refractivity contribution is 5.71. The van der Waals surface area contributed by atoms with Crippen LogP contribution in [-0.2, 0) is 33.3 Å². The van der Waals surface area contributed by atoms with Gasteiger partial charge in [-0.1, -0.05) is 234 Å². The quantitative estimate of drug-likeness (QED) is 0.0211. The van der Waals surface area contributed by atoms with Crippen LogP contribution in [0, 0.1) is 0 Å². The lowest BCUT2D eigenvalue weighted by Gasteiger charge is -2.25. The topological polar surface area (TPSA) is 108 Å². The lowest BCUT2D eigenvalue weighted by atomic mass is 10.0. The van der Waals surface area contributed by atoms with Gasteiger partial charge in [0.15, 0.2) is 6.10 Å². The molecule has 70 heavy (non-hydrogen) atoms. The van der Waals surface area contributed by atoms with Crippen LogP contribution in [0.15, 0.2) is 85.1 Å². The van der Waals surface area contributed by atoms with Crippen molar-refractivity contribution in [3.63, 3.8) is 0 Å². The monoisotopic (exact) mass is 981 g/mol. The second-order valence-electron chi connectivity index (χ2n) is 19.9. The normalized spacial score (nSPS) is 13.4. The number of rotatable bonds is 51. The predicted molar refractivity (Wildman–Crippen MR) is 295 cm³/mol. The second kappa shape index (κ2) is 51.8. The van der Waals surface area contributed by atoms with Gasteiger partial charge in [0.1, 0.15) is 13.2 Å². The molecular formula is C61H106NO8+. The number of hydrogen-bond donors (Lipinski definition) is 1. The van der Waals surface area contributed by atoms with E-state index in [1.165, 1.54) is 122 Å². The number of ether oxygens (including phenoxy) is 4. The number of nitrogens with zero attached hydrogens (tertiary/aromatic N) is 1. The van der Waals surface area contributed by atoms with Gasteiger partial charge in [0.05, 0.1) is 34.4 Å². The molecule has 2 unspecified atom stereocenters. The Bertz CT molecular complexity index is 1420. The van der Waals surface area contributed by atoms with Crippen LogP contribution in [0.3, 0.4) is 0 Å². The Morgan fingerprint density at radius 1 is 0.443 bits per heavy atom. The minimum absolute atomic E-state index is 0.174. The first-order valence-electron chi connectivity index (χ1n) is 28.3. The Hall–Kier alpha value is -3.53. The molecule has 0 saturated carbocycles. The summed E-state index contributed by atoms with van der Waals surface area (Å²) in [4.78, 5) is 37.4. The summed E-state index contributed by atoms with van der Waals surface area (Å²) < 4.78 is 22.8. The number of unbranched alkanes of at least 4 members (excludes halogenated alkanes) is 22. The van der Waals surface area contributed by atoms with Gasteiger partial charge in [0.2, 0.25) is 0 Å². The van der Waals surface area contributed by atoms with Gasteiger partial charge in [-0.05, 0) is 64.2 Å². The predicted octanol–water partition coefficient (Wildman–Crippen LogP) is 16.4. The van der Waals surface area contributed by atoms with E-state index in [0.29, 0.717) is 23.9 Å². The molecule has 0 aromatic carbocycles. The number of carboxylic acid groups (broad SMARTS) is 1. The zero-order valence-electron chi connectivity index (χ0n) is 45.7. The van der Waals surface area contributed by atoms with Gasteiger partial charge in [-0.2, -0.15) is 0 Å². The van der Waals surface area contributed by atoms with Crippen LogP contribution in [0.1, 0.15) is 226 Å². The van der Waals surface area contributed by atoms with E-state index in [-0.39, 0.29) is 38.6 Å². The van der Waals surface area contributed by atoms with Crippen molar-refractivity contribution in [3.05, 3.63) is 85.1 Å². The molecule has 0 bridgehead atoms. The summed E-state index contributed by atoms with van der Waals surface area (Å²) in [6.07, 6.45) is 65.2. The molecule has 0 aliphatic heterocycles. The Morgan fingerprint density at radius 3 is 1.20 bits per heavy atom.